The Kier molecular flexibility index (Phi) is 8.82. The van der Waals surface area contributed by atoms with Crippen LogP contribution in [-0.4, -0.2) is 31.8 Å². The Morgan fingerprint density at radius 1 is 1.41 bits per heavy atom. The zero-order valence-electron chi connectivity index (χ0n) is 10.5. The number of hydrogen-bond acceptors (Lipinski definition) is 4. The van der Waals surface area contributed by atoms with Gasteiger partial charge in [0.1, 0.15) is 6.04 Å². The molecule has 0 fully saturated rings. The minimum absolute atomic E-state index is 0.321. The van der Waals surface area contributed by atoms with Crippen molar-refractivity contribution in [2.45, 2.75) is 38.6 Å². The van der Waals surface area contributed by atoms with E-state index in [4.69, 9.17) is 4.74 Å². The lowest BCUT2D eigenvalue weighted by atomic mass is 10.2. The molecule has 1 unspecified atom stereocenters. The molecule has 1 amide bonds. The van der Waals surface area contributed by atoms with Crippen molar-refractivity contribution in [1.82, 2.24) is 5.32 Å². The Labute approximate surface area is 102 Å². The molecule has 1 atom stereocenters. The van der Waals surface area contributed by atoms with Gasteiger partial charge < -0.3 is 14.8 Å². The lowest BCUT2D eigenvalue weighted by Gasteiger charge is -2.15. The van der Waals surface area contributed by atoms with Crippen molar-refractivity contribution < 1.29 is 19.1 Å². The molecule has 0 saturated heterocycles. The highest BCUT2D eigenvalue weighted by molar-refractivity contribution is 5.81. The predicted octanol–water partition coefficient (Wildman–Crippen LogP) is 2.02. The highest BCUT2D eigenvalue weighted by Gasteiger charge is 2.20. The van der Waals surface area contributed by atoms with Crippen molar-refractivity contribution in [2.75, 3.05) is 13.7 Å². The van der Waals surface area contributed by atoms with Crippen LogP contribution in [0.2, 0.25) is 0 Å². The van der Waals surface area contributed by atoms with Crippen LogP contribution in [0.25, 0.3) is 0 Å². The molecule has 0 aliphatic heterocycles. The van der Waals surface area contributed by atoms with Crippen LogP contribution in [0.1, 0.15) is 32.6 Å². The number of ether oxygens (including phenoxy) is 2. The molecule has 0 saturated carbocycles. The summed E-state index contributed by atoms with van der Waals surface area (Å²) in [6.45, 7) is 5.97. The van der Waals surface area contributed by atoms with E-state index < -0.39 is 18.1 Å². The van der Waals surface area contributed by atoms with E-state index in [1.165, 1.54) is 7.11 Å². The first-order valence-corrected chi connectivity index (χ1v) is 5.77. The summed E-state index contributed by atoms with van der Waals surface area (Å²) < 4.78 is 9.48. The smallest absolute Gasteiger partial charge is 0.407 e. The van der Waals surface area contributed by atoms with Crippen molar-refractivity contribution in [3.63, 3.8) is 0 Å². The molecular weight excluding hydrogens is 222 g/mol. The number of methoxy groups -OCH3 is 1. The third kappa shape index (κ3) is 7.38. The molecule has 0 aromatic heterocycles. The van der Waals surface area contributed by atoms with Crippen molar-refractivity contribution >= 4 is 12.1 Å². The van der Waals surface area contributed by atoms with Crippen LogP contribution < -0.4 is 5.32 Å². The van der Waals surface area contributed by atoms with Crippen LogP contribution in [0.4, 0.5) is 4.79 Å². The van der Waals surface area contributed by atoms with Gasteiger partial charge in [0.2, 0.25) is 0 Å². The first kappa shape index (κ1) is 15.5. The van der Waals surface area contributed by atoms with Gasteiger partial charge in [0.25, 0.3) is 0 Å². The van der Waals surface area contributed by atoms with E-state index in [9.17, 15) is 9.59 Å². The second kappa shape index (κ2) is 9.69. The fourth-order valence-corrected chi connectivity index (χ4v) is 1.21. The Balaban J connectivity index is 4.05. The molecule has 0 radical (unpaired) electrons. The quantitative estimate of drug-likeness (QED) is 0.402. The molecule has 0 spiro atoms. The fourth-order valence-electron chi connectivity index (χ4n) is 1.21. The largest absolute Gasteiger partial charge is 0.464 e. The number of esters is 1. The van der Waals surface area contributed by atoms with E-state index >= 15 is 0 Å². The van der Waals surface area contributed by atoms with E-state index in [-0.39, 0.29) is 0 Å². The normalized spacial score (nSPS) is 11.4. The molecule has 0 aliphatic rings. The Morgan fingerprint density at radius 3 is 2.65 bits per heavy atom. The summed E-state index contributed by atoms with van der Waals surface area (Å²) in [7, 11) is 1.24. The van der Waals surface area contributed by atoms with Crippen LogP contribution in [-0.2, 0) is 14.3 Å². The molecule has 98 valence electrons. The fraction of sp³-hybridized carbons (Fsp3) is 0.667. The number of rotatable bonds is 8. The molecule has 5 heteroatoms. The lowest BCUT2D eigenvalue weighted by molar-refractivity contribution is -0.146. The minimum atomic E-state index is -0.721. The zero-order chi connectivity index (χ0) is 13.1. The van der Waals surface area contributed by atoms with Gasteiger partial charge in [-0.25, -0.2) is 9.59 Å². The molecule has 0 rings (SSSR count). The number of carbonyl (C=O) groups excluding carboxylic acids is 2. The van der Waals surface area contributed by atoms with Crippen molar-refractivity contribution in [3.05, 3.63) is 12.7 Å². The summed E-state index contributed by atoms with van der Waals surface area (Å²) in [5, 5.41) is 2.40. The van der Waals surface area contributed by atoms with E-state index in [0.717, 1.165) is 19.3 Å². The second-order valence-electron chi connectivity index (χ2n) is 3.59. The van der Waals surface area contributed by atoms with E-state index in [2.05, 4.69) is 23.6 Å². The summed E-state index contributed by atoms with van der Waals surface area (Å²) in [5.41, 5.74) is 0. The summed E-state index contributed by atoms with van der Waals surface area (Å²) >= 11 is 0. The Morgan fingerprint density at radius 2 is 2.12 bits per heavy atom. The average molecular weight is 243 g/mol. The highest BCUT2D eigenvalue weighted by atomic mass is 16.5. The molecular formula is C12H21NO4. The van der Waals surface area contributed by atoms with Crippen LogP contribution >= 0.6 is 0 Å². The summed E-state index contributed by atoms with van der Waals surface area (Å²) in [6.07, 6.45) is 4.14. The van der Waals surface area contributed by atoms with Gasteiger partial charge in [-0.2, -0.15) is 0 Å². The maximum absolute atomic E-state index is 11.6. The van der Waals surface area contributed by atoms with Gasteiger partial charge in [-0.3, -0.25) is 0 Å². The van der Waals surface area contributed by atoms with Gasteiger partial charge in [-0.1, -0.05) is 25.8 Å². The monoisotopic (exact) mass is 243 g/mol. The van der Waals surface area contributed by atoms with Gasteiger partial charge >= 0.3 is 12.1 Å². The summed E-state index contributed by atoms with van der Waals surface area (Å²) in [4.78, 5) is 22.6. The van der Waals surface area contributed by atoms with Crippen LogP contribution in [0.15, 0.2) is 12.7 Å². The van der Waals surface area contributed by atoms with E-state index in [1.54, 1.807) is 6.08 Å². The van der Waals surface area contributed by atoms with Crippen molar-refractivity contribution in [2.24, 2.45) is 0 Å². The maximum Gasteiger partial charge on any atom is 0.407 e. The minimum Gasteiger partial charge on any atom is -0.464 e. The molecule has 0 bridgehead atoms. The van der Waals surface area contributed by atoms with Crippen molar-refractivity contribution in [1.29, 1.82) is 0 Å². The predicted molar refractivity (Wildman–Crippen MR) is 64.6 cm³/mol. The molecule has 0 aliphatic carbocycles. The molecule has 17 heavy (non-hydrogen) atoms. The zero-order valence-corrected chi connectivity index (χ0v) is 10.5. The van der Waals surface area contributed by atoms with E-state index in [1.807, 2.05) is 0 Å². The Bertz CT molecular complexity index is 253. The maximum atomic E-state index is 11.6. The third-order valence-corrected chi connectivity index (χ3v) is 2.16. The standard InChI is InChI=1S/C12H21NO4/c1-4-6-7-9-17-11(14)10(8-5-2)13-12(15)16-3/h5,10H,2,4,6-9H2,1,3H3,(H,13,15). The first-order valence-electron chi connectivity index (χ1n) is 5.77. The Hall–Kier alpha value is -1.52. The molecule has 1 N–H and O–H groups in total. The van der Waals surface area contributed by atoms with E-state index in [0.29, 0.717) is 13.0 Å². The highest BCUT2D eigenvalue weighted by Crippen LogP contribution is 2.00. The first-order chi connectivity index (χ1) is 8.15. The van der Waals surface area contributed by atoms with Gasteiger partial charge in [-0.05, 0) is 12.8 Å². The molecule has 0 heterocycles. The van der Waals surface area contributed by atoms with Gasteiger partial charge in [-0.15, -0.1) is 6.58 Å². The summed E-state index contributed by atoms with van der Waals surface area (Å²) in [5.74, 6) is -0.452. The average Bonchev–Trinajstić information content (AvgIpc) is 2.33. The van der Waals surface area contributed by atoms with Gasteiger partial charge in [0, 0.05) is 0 Å². The lowest BCUT2D eigenvalue weighted by Crippen LogP contribution is -2.41. The number of amides is 1. The van der Waals surface area contributed by atoms with Gasteiger partial charge in [0.15, 0.2) is 0 Å². The van der Waals surface area contributed by atoms with Crippen molar-refractivity contribution in [3.8, 4) is 0 Å². The number of carbonyl (C=O) groups is 2. The second-order valence-corrected chi connectivity index (χ2v) is 3.59. The topological polar surface area (TPSA) is 64.6 Å². The van der Waals surface area contributed by atoms with Crippen LogP contribution in [0.3, 0.4) is 0 Å². The number of unbranched alkanes of at least 4 members (excludes halogenated alkanes) is 2. The third-order valence-electron chi connectivity index (χ3n) is 2.16. The SMILES string of the molecule is C=CCC(NC(=O)OC)C(=O)OCCCCC. The molecule has 5 nitrogen and oxygen atoms in total. The molecule has 0 aromatic rings. The van der Waals surface area contributed by atoms with Crippen LogP contribution in [0, 0.1) is 0 Å². The van der Waals surface area contributed by atoms with Crippen LogP contribution in [0.5, 0.6) is 0 Å². The molecule has 0 aromatic carbocycles. The number of hydrogen-bond donors (Lipinski definition) is 1. The van der Waals surface area contributed by atoms with Gasteiger partial charge in [0.05, 0.1) is 13.7 Å². The number of nitrogens with one attached hydrogen (secondary N) is 1. The summed E-state index contributed by atoms with van der Waals surface area (Å²) in [6, 6.07) is -0.721. The number of alkyl carbamates (subject to hydrolysis) is 1.